The molecule has 4 heterocycles. The maximum atomic E-state index is 13.2. The van der Waals surface area contributed by atoms with Crippen LogP contribution in [0.25, 0.3) is 27.9 Å². The van der Waals surface area contributed by atoms with Crippen molar-refractivity contribution in [3.63, 3.8) is 0 Å². The lowest BCUT2D eigenvalue weighted by molar-refractivity contribution is 0.0708. The first-order valence-corrected chi connectivity index (χ1v) is 12.1. The van der Waals surface area contributed by atoms with Crippen molar-refractivity contribution in [1.29, 1.82) is 0 Å². The number of hydrogen-bond donors (Lipinski definition) is 1. The monoisotopic (exact) mass is 441 g/mol. The summed E-state index contributed by atoms with van der Waals surface area (Å²) in [5, 5.41) is 1.25. The number of nitrogens with zero attached hydrogens (tertiary/aromatic N) is 4. The number of carbonyl (C=O) groups excluding carboxylic acids is 1. The topological polar surface area (TPSA) is 68.6 Å². The Labute approximate surface area is 194 Å². The summed E-state index contributed by atoms with van der Waals surface area (Å²) in [4.78, 5) is 20.2. The first-order valence-electron chi connectivity index (χ1n) is 12.1. The van der Waals surface area contributed by atoms with Gasteiger partial charge >= 0.3 is 0 Å². The molecule has 0 spiro atoms. The second-order valence-electron chi connectivity index (χ2n) is 9.92. The molecule has 0 radical (unpaired) electrons. The second kappa shape index (κ2) is 7.73. The Bertz CT molecular complexity index is 1380. The fourth-order valence-electron chi connectivity index (χ4n) is 5.44. The minimum Gasteiger partial charge on any atom is -0.339 e. The zero-order chi connectivity index (χ0) is 22.7. The molecule has 0 unspecified atom stereocenters. The Morgan fingerprint density at radius 2 is 1.94 bits per heavy atom. The minimum atomic E-state index is 0.0563. The average Bonchev–Trinajstić information content (AvgIpc) is 3.47. The zero-order valence-corrected chi connectivity index (χ0v) is 19.4. The van der Waals surface area contributed by atoms with Gasteiger partial charge in [-0.25, -0.2) is 4.98 Å². The van der Waals surface area contributed by atoms with E-state index in [0.29, 0.717) is 12.1 Å². The van der Waals surface area contributed by atoms with Gasteiger partial charge in [0.2, 0.25) is 0 Å². The molecule has 1 aliphatic heterocycles. The number of para-hydroxylation sites is 1. The average molecular weight is 442 g/mol. The third-order valence-corrected chi connectivity index (χ3v) is 7.32. The molecular weight excluding hydrogens is 410 g/mol. The van der Waals surface area contributed by atoms with Crippen LogP contribution in [0.2, 0.25) is 0 Å². The molecule has 2 fully saturated rings. The van der Waals surface area contributed by atoms with E-state index in [4.69, 9.17) is 10.7 Å². The van der Waals surface area contributed by atoms with Gasteiger partial charge in [0.25, 0.3) is 5.91 Å². The van der Waals surface area contributed by atoms with Crippen LogP contribution >= 0.6 is 0 Å². The molecule has 1 saturated carbocycles. The van der Waals surface area contributed by atoms with E-state index >= 15 is 0 Å². The summed E-state index contributed by atoms with van der Waals surface area (Å²) in [5.41, 5.74) is 13.2. The molecule has 2 aliphatic rings. The molecule has 4 aromatic rings. The highest BCUT2D eigenvalue weighted by Gasteiger charge is 2.27. The Hall–Kier alpha value is -3.12. The molecule has 0 bridgehead atoms. The highest BCUT2D eigenvalue weighted by molar-refractivity contribution is 5.95. The van der Waals surface area contributed by atoms with Crippen LogP contribution in [0.5, 0.6) is 0 Å². The normalized spacial score (nSPS) is 19.0. The van der Waals surface area contributed by atoms with Crippen LogP contribution in [-0.4, -0.2) is 43.9 Å². The molecular formula is C27H31N5O. The summed E-state index contributed by atoms with van der Waals surface area (Å²) >= 11 is 0. The van der Waals surface area contributed by atoms with Gasteiger partial charge in [-0.3, -0.25) is 4.79 Å². The minimum absolute atomic E-state index is 0.0563. The maximum absolute atomic E-state index is 13.2. The smallest absolute Gasteiger partial charge is 0.254 e. The summed E-state index contributed by atoms with van der Waals surface area (Å²) in [5.74, 6) is 0.819. The predicted octanol–water partition coefficient (Wildman–Crippen LogP) is 4.55. The number of carbonyl (C=O) groups is 1. The van der Waals surface area contributed by atoms with E-state index < -0.39 is 0 Å². The Balaban J connectivity index is 1.45. The number of pyridine rings is 1. The molecule has 6 nitrogen and oxygen atoms in total. The second-order valence-corrected chi connectivity index (χ2v) is 9.92. The van der Waals surface area contributed by atoms with E-state index in [1.54, 1.807) is 0 Å². The van der Waals surface area contributed by atoms with Crippen LogP contribution in [-0.2, 0) is 6.54 Å². The summed E-state index contributed by atoms with van der Waals surface area (Å²) in [6, 6.07) is 14.9. The van der Waals surface area contributed by atoms with Crippen molar-refractivity contribution >= 4 is 22.5 Å². The quantitative estimate of drug-likeness (QED) is 0.505. The number of fused-ring (bicyclic) bond motifs is 2. The lowest BCUT2D eigenvalue weighted by Gasteiger charge is -2.30. The third kappa shape index (κ3) is 3.53. The molecule has 2 N–H and O–H groups in total. The lowest BCUT2D eigenvalue weighted by atomic mass is 10.1. The van der Waals surface area contributed by atoms with Crippen molar-refractivity contribution in [2.45, 2.75) is 52.1 Å². The van der Waals surface area contributed by atoms with E-state index in [2.05, 4.69) is 53.1 Å². The van der Waals surface area contributed by atoms with E-state index in [9.17, 15) is 4.79 Å². The molecule has 3 aromatic heterocycles. The van der Waals surface area contributed by atoms with Gasteiger partial charge in [-0.1, -0.05) is 18.2 Å². The predicted molar refractivity (Wildman–Crippen MR) is 131 cm³/mol. The van der Waals surface area contributed by atoms with Crippen LogP contribution in [0.3, 0.4) is 0 Å². The van der Waals surface area contributed by atoms with E-state index in [-0.39, 0.29) is 11.9 Å². The molecule has 1 aromatic carbocycles. The fourth-order valence-corrected chi connectivity index (χ4v) is 5.44. The van der Waals surface area contributed by atoms with Gasteiger partial charge in [-0.2, -0.15) is 0 Å². The van der Waals surface area contributed by atoms with Gasteiger partial charge in [-0.05, 0) is 69.7 Å². The number of nitrogens with two attached hydrogens (primary N) is 1. The van der Waals surface area contributed by atoms with Gasteiger partial charge in [0.15, 0.2) is 0 Å². The Morgan fingerprint density at radius 1 is 1.12 bits per heavy atom. The SMILES string of the molecule is Cc1cc(C(=O)N2CCC[C@@H](N)C2)cc2nc(-c3cc4ccccc4n3CC3CC3)c(C)n12. The Morgan fingerprint density at radius 3 is 2.73 bits per heavy atom. The number of piperidine rings is 1. The van der Waals surface area contributed by atoms with Crippen molar-refractivity contribution in [3.05, 3.63) is 59.4 Å². The van der Waals surface area contributed by atoms with Crippen LogP contribution < -0.4 is 5.73 Å². The van der Waals surface area contributed by atoms with Crippen LogP contribution in [0.1, 0.15) is 47.4 Å². The van der Waals surface area contributed by atoms with Crippen LogP contribution in [0, 0.1) is 19.8 Å². The largest absolute Gasteiger partial charge is 0.339 e. The molecule has 6 heteroatoms. The summed E-state index contributed by atoms with van der Waals surface area (Å²) in [6.07, 6.45) is 4.56. The standard InChI is InChI=1S/C27H31N5O/c1-17-12-21(27(33)30-11-5-7-22(28)16-30)14-25-29-26(18(2)32(17)25)24-13-20-6-3-4-8-23(20)31(24)15-19-9-10-19/h3-4,6,8,12-14,19,22H,5,7,9-11,15-16,28H2,1-2H3/t22-/m1/s1. The van der Waals surface area contributed by atoms with Gasteiger partial charge in [0, 0.05) is 53.5 Å². The number of imidazole rings is 1. The van der Waals surface area contributed by atoms with E-state index in [0.717, 1.165) is 54.6 Å². The van der Waals surface area contributed by atoms with Crippen LogP contribution in [0.4, 0.5) is 0 Å². The van der Waals surface area contributed by atoms with Crippen molar-refractivity contribution in [2.75, 3.05) is 13.1 Å². The summed E-state index contributed by atoms with van der Waals surface area (Å²) in [7, 11) is 0. The zero-order valence-electron chi connectivity index (χ0n) is 19.4. The number of amides is 1. The van der Waals surface area contributed by atoms with Crippen molar-refractivity contribution in [1.82, 2.24) is 18.9 Å². The molecule has 6 rings (SSSR count). The van der Waals surface area contributed by atoms with Gasteiger partial charge < -0.3 is 19.6 Å². The molecule has 170 valence electrons. The van der Waals surface area contributed by atoms with E-state index in [1.807, 2.05) is 17.0 Å². The maximum Gasteiger partial charge on any atom is 0.254 e. The number of aromatic nitrogens is 3. The molecule has 1 amide bonds. The number of aryl methyl sites for hydroxylation is 2. The highest BCUT2D eigenvalue weighted by atomic mass is 16.2. The number of benzene rings is 1. The molecule has 33 heavy (non-hydrogen) atoms. The molecule has 1 saturated heterocycles. The number of rotatable bonds is 4. The summed E-state index contributed by atoms with van der Waals surface area (Å²) in [6.45, 7) is 6.63. The van der Waals surface area contributed by atoms with Gasteiger partial charge in [0.1, 0.15) is 11.3 Å². The fraction of sp³-hybridized carbons (Fsp3) is 0.407. The number of likely N-dealkylation sites (tertiary alicyclic amines) is 1. The summed E-state index contributed by atoms with van der Waals surface area (Å²) < 4.78 is 4.62. The van der Waals surface area contributed by atoms with Gasteiger partial charge in [-0.15, -0.1) is 0 Å². The van der Waals surface area contributed by atoms with Crippen LogP contribution in [0.15, 0.2) is 42.5 Å². The molecule has 1 atom stereocenters. The van der Waals surface area contributed by atoms with E-state index in [1.165, 1.54) is 29.4 Å². The third-order valence-electron chi connectivity index (χ3n) is 7.32. The van der Waals surface area contributed by atoms with Gasteiger partial charge in [0.05, 0.1) is 5.69 Å². The highest BCUT2D eigenvalue weighted by Crippen LogP contribution is 2.37. The molecule has 1 aliphatic carbocycles. The lowest BCUT2D eigenvalue weighted by Crippen LogP contribution is -2.45. The first kappa shape index (κ1) is 20.5. The van der Waals surface area contributed by atoms with Crippen molar-refractivity contribution < 1.29 is 4.79 Å². The van der Waals surface area contributed by atoms with Crippen molar-refractivity contribution in [3.8, 4) is 11.4 Å². The number of hydrogen-bond acceptors (Lipinski definition) is 3. The Kier molecular flexibility index (Phi) is 4.80. The van der Waals surface area contributed by atoms with Crippen molar-refractivity contribution in [2.24, 2.45) is 11.7 Å². The first-order chi connectivity index (χ1) is 16.0.